The summed E-state index contributed by atoms with van der Waals surface area (Å²) in [6.45, 7) is 0. The van der Waals surface area contributed by atoms with Gasteiger partial charge in [-0.15, -0.1) is 0 Å². The van der Waals surface area contributed by atoms with Crippen molar-refractivity contribution in [3.05, 3.63) is 28.2 Å². The molecule has 0 aromatic carbocycles. The average Bonchev–Trinajstić information content (AvgIpc) is 2.81. The number of anilines is 2. The molecule has 0 spiro atoms. The van der Waals surface area contributed by atoms with Crippen LogP contribution in [-0.2, 0) is 5.75 Å². The van der Waals surface area contributed by atoms with Crippen LogP contribution in [-0.4, -0.2) is 24.9 Å². The van der Waals surface area contributed by atoms with Gasteiger partial charge in [-0.3, -0.25) is 4.98 Å². The van der Waals surface area contributed by atoms with Gasteiger partial charge in [-0.1, -0.05) is 11.8 Å². The van der Waals surface area contributed by atoms with Crippen LogP contribution in [0.25, 0.3) is 11.2 Å². The number of fused-ring (bicyclic) bond motifs is 1. The fourth-order valence-corrected chi connectivity index (χ4v) is 2.78. The van der Waals surface area contributed by atoms with Crippen molar-refractivity contribution in [3.63, 3.8) is 0 Å². The van der Waals surface area contributed by atoms with Gasteiger partial charge in [-0.05, 0) is 22.0 Å². The number of rotatable bonds is 3. The van der Waals surface area contributed by atoms with E-state index in [0.717, 1.165) is 0 Å². The largest absolute Gasteiger partial charge is 0.382 e. The molecule has 0 radical (unpaired) electrons. The summed E-state index contributed by atoms with van der Waals surface area (Å²) in [4.78, 5) is 19.1. The number of nitrogen functional groups attached to an aromatic ring is 2. The summed E-state index contributed by atoms with van der Waals surface area (Å²) in [6.07, 6.45) is 1.54. The summed E-state index contributed by atoms with van der Waals surface area (Å²) in [5, 5.41) is 0.542. The SMILES string of the molecule is Nc1nc(N)c2[nH]c(SCc3ncc(Br)cc3F)nc2n1. The van der Waals surface area contributed by atoms with E-state index in [0.29, 0.717) is 32.2 Å². The van der Waals surface area contributed by atoms with Gasteiger partial charge in [0.25, 0.3) is 0 Å². The van der Waals surface area contributed by atoms with Gasteiger partial charge < -0.3 is 16.5 Å². The number of hydrogen-bond donors (Lipinski definition) is 3. The van der Waals surface area contributed by atoms with Crippen LogP contribution in [0.4, 0.5) is 16.2 Å². The molecule has 0 fully saturated rings. The van der Waals surface area contributed by atoms with Gasteiger partial charge in [-0.2, -0.15) is 9.97 Å². The van der Waals surface area contributed by atoms with Crippen molar-refractivity contribution in [2.24, 2.45) is 0 Å². The van der Waals surface area contributed by atoms with Crippen molar-refractivity contribution in [2.75, 3.05) is 11.5 Å². The van der Waals surface area contributed by atoms with E-state index in [1.54, 1.807) is 6.20 Å². The molecule has 3 rings (SSSR count). The molecule has 0 bridgehead atoms. The second-order valence-electron chi connectivity index (χ2n) is 4.08. The molecule has 0 aliphatic heterocycles. The Hall–Kier alpha value is -1.94. The molecule has 3 aromatic rings. The molecule has 0 aliphatic carbocycles. The number of nitrogens with one attached hydrogen (secondary N) is 1. The number of halogens is 2. The molecule has 7 nitrogen and oxygen atoms in total. The first-order valence-electron chi connectivity index (χ1n) is 5.74. The molecule has 108 valence electrons. The lowest BCUT2D eigenvalue weighted by atomic mass is 10.4. The summed E-state index contributed by atoms with van der Waals surface area (Å²) >= 11 is 4.45. The normalized spacial score (nSPS) is 11.1. The number of imidazole rings is 1. The van der Waals surface area contributed by atoms with Crippen molar-refractivity contribution < 1.29 is 4.39 Å². The minimum Gasteiger partial charge on any atom is -0.382 e. The number of nitrogens with two attached hydrogens (primary N) is 2. The van der Waals surface area contributed by atoms with E-state index in [1.807, 2.05) is 0 Å². The van der Waals surface area contributed by atoms with Crippen molar-refractivity contribution in [3.8, 4) is 0 Å². The van der Waals surface area contributed by atoms with Crippen molar-refractivity contribution in [1.82, 2.24) is 24.9 Å². The van der Waals surface area contributed by atoms with E-state index < -0.39 is 0 Å². The zero-order valence-electron chi connectivity index (χ0n) is 10.5. The van der Waals surface area contributed by atoms with Gasteiger partial charge in [0.05, 0.1) is 5.69 Å². The topological polar surface area (TPSA) is 119 Å². The molecule has 0 amide bonds. The van der Waals surface area contributed by atoms with Crippen LogP contribution in [0, 0.1) is 5.82 Å². The highest BCUT2D eigenvalue weighted by molar-refractivity contribution is 9.10. The van der Waals surface area contributed by atoms with Gasteiger partial charge in [0, 0.05) is 16.4 Å². The molecule has 3 aromatic heterocycles. The van der Waals surface area contributed by atoms with Crippen LogP contribution in [0.5, 0.6) is 0 Å². The Morgan fingerprint density at radius 2 is 2.10 bits per heavy atom. The zero-order valence-corrected chi connectivity index (χ0v) is 12.9. The van der Waals surface area contributed by atoms with Gasteiger partial charge in [0.15, 0.2) is 16.6 Å². The van der Waals surface area contributed by atoms with Gasteiger partial charge in [0.1, 0.15) is 11.3 Å². The quantitative estimate of drug-likeness (QED) is 0.604. The number of hydrogen-bond acceptors (Lipinski definition) is 7. The van der Waals surface area contributed by atoms with Gasteiger partial charge in [-0.25, -0.2) is 9.37 Å². The zero-order chi connectivity index (χ0) is 15.0. The predicted molar refractivity (Wildman–Crippen MR) is 82.0 cm³/mol. The number of pyridine rings is 1. The molecular weight excluding hydrogens is 361 g/mol. The van der Waals surface area contributed by atoms with Crippen molar-refractivity contribution >= 4 is 50.6 Å². The Morgan fingerprint density at radius 1 is 1.29 bits per heavy atom. The summed E-state index contributed by atoms with van der Waals surface area (Å²) < 4.78 is 14.3. The standard InChI is InChI=1S/C11H9BrFN7S/c12-4-1-5(13)6(16-2-4)3-21-11-17-7-8(14)18-10(15)19-9(7)20-11/h1-2H,3H2,(H5,14,15,17,18,19,20). The van der Waals surface area contributed by atoms with E-state index in [9.17, 15) is 4.39 Å². The molecule has 21 heavy (non-hydrogen) atoms. The van der Waals surface area contributed by atoms with Gasteiger partial charge in [0.2, 0.25) is 5.95 Å². The lowest BCUT2D eigenvalue weighted by Crippen LogP contribution is -1.99. The fraction of sp³-hybridized carbons (Fsp3) is 0.0909. The first-order chi connectivity index (χ1) is 10.0. The van der Waals surface area contributed by atoms with E-state index in [4.69, 9.17) is 11.5 Å². The average molecular weight is 370 g/mol. The Labute approximate surface area is 130 Å². The second-order valence-corrected chi connectivity index (χ2v) is 5.96. The van der Waals surface area contributed by atoms with Crippen LogP contribution in [0.2, 0.25) is 0 Å². The number of H-pyrrole nitrogens is 1. The molecule has 3 heterocycles. The van der Waals surface area contributed by atoms with E-state index in [2.05, 4.69) is 40.8 Å². The highest BCUT2D eigenvalue weighted by Crippen LogP contribution is 2.25. The molecule has 10 heteroatoms. The van der Waals surface area contributed by atoms with Crippen LogP contribution >= 0.6 is 27.7 Å². The fourth-order valence-electron chi connectivity index (χ4n) is 1.67. The number of nitrogens with zero attached hydrogens (tertiary/aromatic N) is 4. The number of aromatic nitrogens is 5. The highest BCUT2D eigenvalue weighted by Gasteiger charge is 2.11. The van der Waals surface area contributed by atoms with Crippen LogP contribution < -0.4 is 11.5 Å². The second kappa shape index (κ2) is 5.45. The van der Waals surface area contributed by atoms with Crippen LogP contribution in [0.15, 0.2) is 21.9 Å². The maximum Gasteiger partial charge on any atom is 0.224 e. The lowest BCUT2D eigenvalue weighted by Gasteiger charge is -2.00. The predicted octanol–water partition coefficient (Wildman–Crippen LogP) is 2.11. The number of thioether (sulfide) groups is 1. The number of aromatic amines is 1. The first kappa shape index (κ1) is 14.0. The van der Waals surface area contributed by atoms with Crippen LogP contribution in [0.1, 0.15) is 5.69 Å². The Morgan fingerprint density at radius 3 is 2.86 bits per heavy atom. The van der Waals surface area contributed by atoms with Crippen molar-refractivity contribution in [1.29, 1.82) is 0 Å². The molecule has 0 saturated heterocycles. The monoisotopic (exact) mass is 369 g/mol. The Balaban J connectivity index is 1.83. The minimum atomic E-state index is -0.378. The maximum atomic E-state index is 13.7. The van der Waals surface area contributed by atoms with E-state index >= 15 is 0 Å². The van der Waals surface area contributed by atoms with Crippen molar-refractivity contribution in [2.45, 2.75) is 10.9 Å². The molecular formula is C11H9BrFN7S. The third kappa shape index (κ3) is 2.90. The summed E-state index contributed by atoms with van der Waals surface area (Å²) in [7, 11) is 0. The summed E-state index contributed by atoms with van der Waals surface area (Å²) in [5.41, 5.74) is 12.5. The highest BCUT2D eigenvalue weighted by atomic mass is 79.9. The van der Waals surface area contributed by atoms with E-state index in [-0.39, 0.29) is 17.6 Å². The first-order valence-corrected chi connectivity index (χ1v) is 7.52. The summed E-state index contributed by atoms with van der Waals surface area (Å²) in [6, 6.07) is 1.37. The smallest absolute Gasteiger partial charge is 0.224 e. The van der Waals surface area contributed by atoms with E-state index in [1.165, 1.54) is 17.8 Å². The Kier molecular flexibility index (Phi) is 3.64. The molecule has 0 atom stereocenters. The third-order valence-corrected chi connectivity index (χ3v) is 3.92. The van der Waals surface area contributed by atoms with Crippen LogP contribution in [0.3, 0.4) is 0 Å². The van der Waals surface area contributed by atoms with Gasteiger partial charge >= 0.3 is 0 Å². The summed E-state index contributed by atoms with van der Waals surface area (Å²) in [5.74, 6) is 0.229. The lowest BCUT2D eigenvalue weighted by molar-refractivity contribution is 0.607. The maximum absolute atomic E-state index is 13.7. The molecule has 0 unspecified atom stereocenters. The Bertz CT molecular complexity index is 822. The third-order valence-electron chi connectivity index (χ3n) is 2.60. The minimum absolute atomic E-state index is 0.0590. The molecule has 0 saturated carbocycles. The molecule has 5 N–H and O–H groups in total. The molecule has 0 aliphatic rings.